The van der Waals surface area contributed by atoms with Gasteiger partial charge in [0.15, 0.2) is 0 Å². The molecule has 0 amide bonds. The average molecular weight is 161 g/mol. The number of hydrogen-bond donors (Lipinski definition) is 0. The van der Waals surface area contributed by atoms with Gasteiger partial charge in [0, 0.05) is 14.2 Å². The smallest absolute Gasteiger partial charge is 0.140 e. The molecule has 0 aliphatic rings. The summed E-state index contributed by atoms with van der Waals surface area (Å²) in [5, 5.41) is 3.76. The molecule has 0 fully saturated rings. The highest BCUT2D eigenvalue weighted by Crippen LogP contribution is 1.82. The van der Waals surface area contributed by atoms with Crippen LogP contribution in [0.5, 0.6) is 0 Å². The zero-order valence-corrected chi connectivity index (χ0v) is 7.29. The fourth-order valence-corrected chi connectivity index (χ4v) is 0.512. The molecule has 0 bridgehead atoms. The van der Waals surface area contributed by atoms with Crippen LogP contribution in [-0.4, -0.2) is 39.8 Å². The van der Waals surface area contributed by atoms with Crippen LogP contribution in [0.25, 0.3) is 0 Å². The third kappa shape index (κ3) is 7.29. The second-order valence-electron chi connectivity index (χ2n) is 2.09. The lowest BCUT2D eigenvalue weighted by molar-refractivity contribution is 0.0736. The van der Waals surface area contributed by atoms with Crippen molar-refractivity contribution in [1.82, 2.24) is 0 Å². The van der Waals surface area contributed by atoms with Crippen LogP contribution < -0.4 is 0 Å². The molecule has 0 aromatic carbocycles. The first-order valence-corrected chi connectivity index (χ1v) is 3.44. The number of oxime groups is 1. The highest BCUT2D eigenvalue weighted by molar-refractivity contribution is 5.82. The second kappa shape index (κ2) is 7.50. The molecule has 0 heterocycles. The Morgan fingerprint density at radius 1 is 1.18 bits per heavy atom. The lowest BCUT2D eigenvalue weighted by Crippen LogP contribution is -2.04. The minimum atomic E-state index is 0.484. The van der Waals surface area contributed by atoms with E-state index in [0.29, 0.717) is 19.8 Å². The molecular formula is C7H15NO3. The number of ether oxygens (including phenoxy) is 2. The quantitative estimate of drug-likeness (QED) is 0.326. The van der Waals surface area contributed by atoms with Crippen molar-refractivity contribution >= 4 is 5.71 Å². The molecule has 0 radical (unpaired) electrons. The number of hydrogen-bond acceptors (Lipinski definition) is 4. The van der Waals surface area contributed by atoms with Crippen LogP contribution in [0.1, 0.15) is 6.92 Å². The van der Waals surface area contributed by atoms with Crippen molar-refractivity contribution < 1.29 is 14.3 Å². The second-order valence-corrected chi connectivity index (χ2v) is 2.09. The van der Waals surface area contributed by atoms with Crippen LogP contribution in [0.15, 0.2) is 5.16 Å². The number of rotatable bonds is 6. The van der Waals surface area contributed by atoms with E-state index in [1.54, 1.807) is 14.2 Å². The van der Waals surface area contributed by atoms with Gasteiger partial charge < -0.3 is 14.3 Å². The Hall–Kier alpha value is -0.610. The van der Waals surface area contributed by atoms with Crippen LogP contribution in [0, 0.1) is 0 Å². The summed E-state index contributed by atoms with van der Waals surface area (Å²) in [6.07, 6.45) is 0. The third-order valence-electron chi connectivity index (χ3n) is 0.952. The predicted molar refractivity (Wildman–Crippen MR) is 42.8 cm³/mol. The minimum absolute atomic E-state index is 0.484. The Balaban J connectivity index is 3.24. The summed E-state index contributed by atoms with van der Waals surface area (Å²) in [7, 11) is 3.24. The monoisotopic (exact) mass is 161 g/mol. The molecule has 0 aliphatic heterocycles. The van der Waals surface area contributed by atoms with Gasteiger partial charge in [-0.05, 0) is 6.92 Å². The Kier molecular flexibility index (Phi) is 7.08. The van der Waals surface area contributed by atoms with E-state index in [4.69, 9.17) is 14.3 Å². The minimum Gasteiger partial charge on any atom is -0.393 e. The van der Waals surface area contributed by atoms with Gasteiger partial charge in [-0.25, -0.2) is 0 Å². The van der Waals surface area contributed by atoms with E-state index in [0.717, 1.165) is 5.71 Å². The summed E-state index contributed by atoms with van der Waals surface area (Å²) >= 11 is 0. The highest BCUT2D eigenvalue weighted by atomic mass is 16.6. The molecular weight excluding hydrogens is 146 g/mol. The summed E-state index contributed by atoms with van der Waals surface area (Å²) in [5.74, 6) is 0. The largest absolute Gasteiger partial charge is 0.393 e. The van der Waals surface area contributed by atoms with E-state index in [1.807, 2.05) is 6.92 Å². The van der Waals surface area contributed by atoms with Crippen molar-refractivity contribution in [2.75, 3.05) is 34.0 Å². The van der Waals surface area contributed by atoms with E-state index < -0.39 is 0 Å². The molecule has 4 nitrogen and oxygen atoms in total. The lowest BCUT2D eigenvalue weighted by atomic mass is 10.5. The predicted octanol–water partition coefficient (Wildman–Crippen LogP) is 0.672. The van der Waals surface area contributed by atoms with Crippen LogP contribution >= 0.6 is 0 Å². The van der Waals surface area contributed by atoms with Gasteiger partial charge in [-0.3, -0.25) is 0 Å². The first-order valence-electron chi connectivity index (χ1n) is 3.44. The van der Waals surface area contributed by atoms with Gasteiger partial charge in [0.2, 0.25) is 0 Å². The average Bonchev–Trinajstić information content (AvgIpc) is 1.99. The molecule has 0 saturated heterocycles. The fraction of sp³-hybridized carbons (Fsp3) is 0.857. The SMILES string of the molecule is COCCO/N=C(\C)COC. The van der Waals surface area contributed by atoms with Crippen molar-refractivity contribution in [3.63, 3.8) is 0 Å². The van der Waals surface area contributed by atoms with Crippen LogP contribution in [0.3, 0.4) is 0 Å². The van der Waals surface area contributed by atoms with Crippen molar-refractivity contribution in [1.29, 1.82) is 0 Å². The van der Waals surface area contributed by atoms with Gasteiger partial charge in [0.05, 0.1) is 18.9 Å². The molecule has 66 valence electrons. The molecule has 0 rings (SSSR count). The molecule has 0 aliphatic carbocycles. The molecule has 0 unspecified atom stereocenters. The molecule has 11 heavy (non-hydrogen) atoms. The Labute approximate surface area is 67.1 Å². The van der Waals surface area contributed by atoms with E-state index in [-0.39, 0.29) is 0 Å². The maximum Gasteiger partial charge on any atom is 0.140 e. The maximum atomic E-state index is 4.87. The van der Waals surface area contributed by atoms with Gasteiger partial charge in [-0.2, -0.15) is 0 Å². The zero-order valence-electron chi connectivity index (χ0n) is 7.29. The highest BCUT2D eigenvalue weighted by Gasteiger charge is 1.88. The summed E-state index contributed by atoms with van der Waals surface area (Å²) in [6, 6.07) is 0. The normalized spacial score (nSPS) is 11.7. The number of nitrogens with zero attached hydrogens (tertiary/aromatic N) is 1. The van der Waals surface area contributed by atoms with Crippen molar-refractivity contribution in [2.24, 2.45) is 5.16 Å². The first-order chi connectivity index (χ1) is 5.31. The van der Waals surface area contributed by atoms with E-state index in [1.165, 1.54) is 0 Å². The summed E-state index contributed by atoms with van der Waals surface area (Å²) in [5.41, 5.74) is 0.823. The summed E-state index contributed by atoms with van der Waals surface area (Å²) < 4.78 is 9.58. The van der Waals surface area contributed by atoms with Gasteiger partial charge in [-0.1, -0.05) is 5.16 Å². The standard InChI is InChI=1S/C7H15NO3/c1-7(6-10-3)8-11-5-4-9-2/h4-6H2,1-3H3/b8-7+. The van der Waals surface area contributed by atoms with Crippen molar-refractivity contribution in [3.05, 3.63) is 0 Å². The van der Waals surface area contributed by atoms with Gasteiger partial charge in [0.1, 0.15) is 6.61 Å². The molecule has 0 aromatic rings. The number of methoxy groups -OCH3 is 2. The third-order valence-corrected chi connectivity index (χ3v) is 0.952. The van der Waals surface area contributed by atoms with Gasteiger partial charge in [-0.15, -0.1) is 0 Å². The lowest BCUT2D eigenvalue weighted by Gasteiger charge is -1.99. The zero-order chi connectivity index (χ0) is 8.53. The maximum absolute atomic E-state index is 4.87. The molecule has 0 saturated carbocycles. The molecule has 0 N–H and O–H groups in total. The van der Waals surface area contributed by atoms with Gasteiger partial charge >= 0.3 is 0 Å². The van der Waals surface area contributed by atoms with Crippen LogP contribution in [0.4, 0.5) is 0 Å². The molecule has 0 aromatic heterocycles. The first kappa shape index (κ1) is 10.4. The van der Waals surface area contributed by atoms with E-state index >= 15 is 0 Å². The molecule has 0 spiro atoms. The molecule has 0 atom stereocenters. The van der Waals surface area contributed by atoms with Crippen molar-refractivity contribution in [2.45, 2.75) is 6.92 Å². The Morgan fingerprint density at radius 3 is 2.45 bits per heavy atom. The van der Waals surface area contributed by atoms with Crippen LogP contribution in [0.2, 0.25) is 0 Å². The van der Waals surface area contributed by atoms with Crippen LogP contribution in [-0.2, 0) is 14.3 Å². The fourth-order valence-electron chi connectivity index (χ4n) is 0.512. The Morgan fingerprint density at radius 2 is 1.91 bits per heavy atom. The summed E-state index contributed by atoms with van der Waals surface area (Å²) in [4.78, 5) is 4.87. The molecule has 4 heteroatoms. The topological polar surface area (TPSA) is 40.0 Å². The Bertz CT molecular complexity index is 114. The van der Waals surface area contributed by atoms with Gasteiger partial charge in [0.25, 0.3) is 0 Å². The summed E-state index contributed by atoms with van der Waals surface area (Å²) in [6.45, 7) is 3.39. The van der Waals surface area contributed by atoms with E-state index in [9.17, 15) is 0 Å². The van der Waals surface area contributed by atoms with E-state index in [2.05, 4.69) is 5.16 Å². The van der Waals surface area contributed by atoms with Crippen molar-refractivity contribution in [3.8, 4) is 0 Å².